The second-order valence-corrected chi connectivity index (χ2v) is 8.23. The lowest BCUT2D eigenvalue weighted by Gasteiger charge is -2.11. The van der Waals surface area contributed by atoms with Crippen LogP contribution in [0.4, 0.5) is 0 Å². The van der Waals surface area contributed by atoms with Crippen molar-refractivity contribution in [3.8, 4) is 0 Å². The van der Waals surface area contributed by atoms with Crippen LogP contribution in [0.1, 0.15) is 32.6 Å². The van der Waals surface area contributed by atoms with Crippen LogP contribution in [0, 0.1) is 27.7 Å². The summed E-state index contributed by atoms with van der Waals surface area (Å²) in [6.07, 6.45) is 0. The number of ether oxygens (including phenoxy) is 2. The summed E-state index contributed by atoms with van der Waals surface area (Å²) in [5.41, 5.74) is 4.37. The van der Waals surface area contributed by atoms with Crippen molar-refractivity contribution >= 4 is 16.1 Å². The lowest BCUT2D eigenvalue weighted by Crippen LogP contribution is -2.16. The summed E-state index contributed by atoms with van der Waals surface area (Å²) >= 11 is 0. The van der Waals surface area contributed by atoms with Crippen LogP contribution in [0.15, 0.2) is 41.3 Å². The molecule has 0 unspecified atom stereocenters. The quantitative estimate of drug-likeness (QED) is 0.360. The lowest BCUT2D eigenvalue weighted by atomic mass is 10.00. The average Bonchev–Trinajstić information content (AvgIpc) is 2.60. The molecule has 0 aliphatic carbocycles. The maximum atomic E-state index is 12.2. The Labute approximate surface area is 166 Å². The Morgan fingerprint density at radius 3 is 2.00 bits per heavy atom. The number of esters is 1. The van der Waals surface area contributed by atoms with Gasteiger partial charge in [-0.1, -0.05) is 35.4 Å². The van der Waals surface area contributed by atoms with E-state index in [1.54, 1.807) is 12.1 Å². The highest BCUT2D eigenvalue weighted by molar-refractivity contribution is 7.86. The Hall–Kier alpha value is -2.22. The van der Waals surface area contributed by atoms with Gasteiger partial charge in [0.25, 0.3) is 10.1 Å². The Morgan fingerprint density at radius 2 is 1.39 bits per heavy atom. The first-order chi connectivity index (χ1) is 13.2. The molecule has 0 aliphatic rings. The first-order valence-corrected chi connectivity index (χ1v) is 10.4. The largest absolute Gasteiger partial charge is 0.460 e. The van der Waals surface area contributed by atoms with Crippen LogP contribution >= 0.6 is 0 Å². The first-order valence-electron chi connectivity index (χ1n) is 8.99. The van der Waals surface area contributed by atoms with Crippen LogP contribution in [0.25, 0.3) is 0 Å². The predicted octanol–water partition coefficient (Wildman–Crippen LogP) is 3.50. The molecule has 2 aromatic carbocycles. The summed E-state index contributed by atoms with van der Waals surface area (Å²) in [6.45, 7) is 7.80. The van der Waals surface area contributed by atoms with Crippen molar-refractivity contribution in [2.45, 2.75) is 32.6 Å². The van der Waals surface area contributed by atoms with Gasteiger partial charge < -0.3 is 9.47 Å². The molecule has 0 atom stereocenters. The minimum absolute atomic E-state index is 0.0746. The van der Waals surface area contributed by atoms with E-state index in [4.69, 9.17) is 13.7 Å². The minimum atomic E-state index is -3.80. The van der Waals surface area contributed by atoms with Crippen molar-refractivity contribution < 1.29 is 26.9 Å². The molecule has 0 saturated carbocycles. The number of aryl methyl sites for hydroxylation is 4. The zero-order valence-electron chi connectivity index (χ0n) is 16.7. The zero-order valence-corrected chi connectivity index (χ0v) is 17.5. The molecular weight excluding hydrogens is 380 g/mol. The number of hydrogen-bond acceptors (Lipinski definition) is 6. The fourth-order valence-electron chi connectivity index (χ4n) is 2.85. The van der Waals surface area contributed by atoms with Crippen LogP contribution in [0.5, 0.6) is 0 Å². The molecule has 0 N–H and O–H groups in total. The predicted molar refractivity (Wildman–Crippen MR) is 106 cm³/mol. The van der Waals surface area contributed by atoms with E-state index >= 15 is 0 Å². The number of rotatable bonds is 9. The fraction of sp³-hybridized carbons (Fsp3) is 0.381. The van der Waals surface area contributed by atoms with Crippen molar-refractivity contribution in [3.63, 3.8) is 0 Å². The molecule has 0 aromatic heterocycles. The molecule has 2 rings (SSSR count). The fourth-order valence-corrected chi connectivity index (χ4v) is 3.74. The molecule has 152 valence electrons. The van der Waals surface area contributed by atoms with Crippen molar-refractivity contribution in [1.29, 1.82) is 0 Å². The van der Waals surface area contributed by atoms with Crippen LogP contribution < -0.4 is 0 Å². The maximum absolute atomic E-state index is 12.2. The molecule has 0 amide bonds. The molecule has 0 bridgehead atoms. The van der Waals surface area contributed by atoms with E-state index in [1.165, 1.54) is 12.1 Å². The van der Waals surface area contributed by atoms with Crippen molar-refractivity contribution in [3.05, 3.63) is 64.2 Å². The summed E-state index contributed by atoms with van der Waals surface area (Å²) in [6, 6.07) is 10.3. The van der Waals surface area contributed by atoms with Gasteiger partial charge in [-0.05, 0) is 51.0 Å². The van der Waals surface area contributed by atoms with E-state index in [2.05, 4.69) is 0 Å². The van der Waals surface area contributed by atoms with E-state index in [0.29, 0.717) is 5.56 Å². The highest BCUT2D eigenvalue weighted by Crippen LogP contribution is 2.17. The van der Waals surface area contributed by atoms with Crippen LogP contribution in [0.2, 0.25) is 0 Å². The molecule has 0 fully saturated rings. The standard InChI is InChI=1S/C21H26O6S/c1-15-5-7-19(8-6-15)28(23,24)27-12-10-25-9-11-26-21(22)20-17(3)13-16(2)14-18(20)4/h5-8,13-14H,9-12H2,1-4H3. The van der Waals surface area contributed by atoms with Gasteiger partial charge in [0.15, 0.2) is 0 Å². The molecule has 0 aliphatic heterocycles. The molecule has 6 nitrogen and oxygen atoms in total. The van der Waals surface area contributed by atoms with Gasteiger partial charge in [-0.25, -0.2) is 4.79 Å². The topological polar surface area (TPSA) is 78.9 Å². The van der Waals surface area contributed by atoms with Crippen molar-refractivity contribution in [1.82, 2.24) is 0 Å². The monoisotopic (exact) mass is 406 g/mol. The molecule has 0 saturated heterocycles. The second-order valence-electron chi connectivity index (χ2n) is 6.61. The molecule has 28 heavy (non-hydrogen) atoms. The van der Waals surface area contributed by atoms with Gasteiger partial charge in [0.2, 0.25) is 0 Å². The third-order valence-corrected chi connectivity index (χ3v) is 5.44. The lowest BCUT2D eigenvalue weighted by molar-refractivity contribution is 0.0275. The molecular formula is C21H26O6S. The van der Waals surface area contributed by atoms with Crippen molar-refractivity contribution in [2.24, 2.45) is 0 Å². The third-order valence-electron chi connectivity index (χ3n) is 4.12. The minimum Gasteiger partial charge on any atom is -0.460 e. The average molecular weight is 407 g/mol. The zero-order chi connectivity index (χ0) is 20.7. The van der Waals surface area contributed by atoms with Crippen LogP contribution in [-0.4, -0.2) is 40.8 Å². The van der Waals surface area contributed by atoms with Crippen LogP contribution in [-0.2, 0) is 23.8 Å². The molecule has 7 heteroatoms. The Morgan fingerprint density at radius 1 is 0.821 bits per heavy atom. The van der Waals surface area contributed by atoms with E-state index in [9.17, 15) is 13.2 Å². The highest BCUT2D eigenvalue weighted by atomic mass is 32.2. The van der Waals surface area contributed by atoms with Gasteiger partial charge in [-0.15, -0.1) is 0 Å². The number of carbonyl (C=O) groups is 1. The van der Waals surface area contributed by atoms with Crippen molar-refractivity contribution in [2.75, 3.05) is 26.4 Å². The number of benzene rings is 2. The molecule has 0 radical (unpaired) electrons. The molecule has 0 heterocycles. The van der Waals surface area contributed by atoms with Gasteiger partial charge in [0.1, 0.15) is 6.61 Å². The maximum Gasteiger partial charge on any atom is 0.338 e. The Kier molecular flexibility index (Phi) is 7.74. The SMILES string of the molecule is Cc1ccc(S(=O)(=O)OCCOCCOC(=O)c2c(C)cc(C)cc2C)cc1. The smallest absolute Gasteiger partial charge is 0.338 e. The highest BCUT2D eigenvalue weighted by Gasteiger charge is 2.15. The molecule has 0 spiro atoms. The summed E-state index contributed by atoms with van der Waals surface area (Å²) in [5, 5.41) is 0. The van der Waals surface area contributed by atoms with Gasteiger partial charge in [0.05, 0.1) is 30.3 Å². The second kappa shape index (κ2) is 9.82. The van der Waals surface area contributed by atoms with E-state index in [0.717, 1.165) is 22.3 Å². The number of carbonyl (C=O) groups excluding carboxylic acids is 1. The third kappa shape index (κ3) is 6.15. The number of hydrogen-bond donors (Lipinski definition) is 0. The summed E-state index contributed by atoms with van der Waals surface area (Å²) < 4.78 is 39.5. The van der Waals surface area contributed by atoms with Crippen LogP contribution in [0.3, 0.4) is 0 Å². The van der Waals surface area contributed by atoms with E-state index in [-0.39, 0.29) is 31.3 Å². The van der Waals surface area contributed by atoms with Gasteiger partial charge >= 0.3 is 5.97 Å². The van der Waals surface area contributed by atoms with Gasteiger partial charge in [-0.3, -0.25) is 4.18 Å². The Balaban J connectivity index is 1.70. The van der Waals surface area contributed by atoms with Gasteiger partial charge in [-0.2, -0.15) is 8.42 Å². The Bertz CT molecular complexity index is 893. The normalized spacial score (nSPS) is 11.4. The first kappa shape index (κ1) is 22.1. The summed E-state index contributed by atoms with van der Waals surface area (Å²) in [4.78, 5) is 12.3. The van der Waals surface area contributed by atoms with E-state index in [1.807, 2.05) is 39.8 Å². The summed E-state index contributed by atoms with van der Waals surface area (Å²) in [5.74, 6) is -0.392. The van der Waals surface area contributed by atoms with E-state index < -0.39 is 16.1 Å². The van der Waals surface area contributed by atoms with Gasteiger partial charge in [0, 0.05) is 0 Å². The molecule has 2 aromatic rings. The summed E-state index contributed by atoms with van der Waals surface area (Å²) in [7, 11) is -3.80.